The molecule has 0 unspecified atom stereocenters. The molecule has 27 heavy (non-hydrogen) atoms. The molecule has 0 radical (unpaired) electrons. The molecule has 1 N–H and O–H groups in total. The van der Waals surface area contributed by atoms with Gasteiger partial charge in [-0.25, -0.2) is 0 Å². The third-order valence-electron chi connectivity index (χ3n) is 4.92. The Morgan fingerprint density at radius 3 is 2.41 bits per heavy atom. The molecule has 2 aromatic carbocycles. The van der Waals surface area contributed by atoms with Crippen LogP contribution in [-0.4, -0.2) is 38.9 Å². The summed E-state index contributed by atoms with van der Waals surface area (Å²) in [6, 6.07) is 17.4. The van der Waals surface area contributed by atoms with Crippen molar-refractivity contribution in [3.05, 3.63) is 60.2 Å². The minimum absolute atomic E-state index is 0.0158. The largest absolute Gasteiger partial charge is 0.491 e. The SMILES string of the molecule is CCOCCOc1ccc(NC(=O)C2(c3ccccc3)CCOCC2)cc1. The van der Waals surface area contributed by atoms with Crippen LogP contribution in [0.2, 0.25) is 0 Å². The Bertz CT molecular complexity index is 709. The fraction of sp³-hybridized carbons (Fsp3) is 0.409. The van der Waals surface area contributed by atoms with Crippen molar-refractivity contribution in [2.24, 2.45) is 0 Å². The smallest absolute Gasteiger partial charge is 0.235 e. The fourth-order valence-electron chi connectivity index (χ4n) is 3.37. The molecule has 1 saturated heterocycles. The van der Waals surface area contributed by atoms with Crippen LogP contribution >= 0.6 is 0 Å². The van der Waals surface area contributed by atoms with Crippen LogP contribution in [0.15, 0.2) is 54.6 Å². The van der Waals surface area contributed by atoms with Gasteiger partial charge in [0.1, 0.15) is 12.4 Å². The van der Waals surface area contributed by atoms with Crippen LogP contribution in [0.1, 0.15) is 25.3 Å². The van der Waals surface area contributed by atoms with E-state index < -0.39 is 5.41 Å². The minimum atomic E-state index is -0.549. The van der Waals surface area contributed by atoms with Crippen LogP contribution < -0.4 is 10.1 Å². The van der Waals surface area contributed by atoms with Gasteiger partial charge in [-0.15, -0.1) is 0 Å². The molecular weight excluding hydrogens is 342 g/mol. The fourth-order valence-corrected chi connectivity index (χ4v) is 3.37. The summed E-state index contributed by atoms with van der Waals surface area (Å²) in [5.41, 5.74) is 1.26. The van der Waals surface area contributed by atoms with Gasteiger partial charge in [0.2, 0.25) is 5.91 Å². The van der Waals surface area contributed by atoms with Gasteiger partial charge in [0.15, 0.2) is 0 Å². The summed E-state index contributed by atoms with van der Waals surface area (Å²) >= 11 is 0. The summed E-state index contributed by atoms with van der Waals surface area (Å²) in [7, 11) is 0. The molecule has 1 aliphatic heterocycles. The Morgan fingerprint density at radius 2 is 1.74 bits per heavy atom. The van der Waals surface area contributed by atoms with Gasteiger partial charge in [-0.2, -0.15) is 0 Å². The van der Waals surface area contributed by atoms with E-state index in [0.717, 1.165) is 17.0 Å². The molecule has 1 heterocycles. The van der Waals surface area contributed by atoms with E-state index in [1.165, 1.54) is 0 Å². The van der Waals surface area contributed by atoms with E-state index in [4.69, 9.17) is 14.2 Å². The zero-order valence-electron chi connectivity index (χ0n) is 15.8. The third kappa shape index (κ3) is 4.87. The van der Waals surface area contributed by atoms with Crippen molar-refractivity contribution in [1.82, 2.24) is 0 Å². The highest BCUT2D eigenvalue weighted by Crippen LogP contribution is 2.36. The highest BCUT2D eigenvalue weighted by atomic mass is 16.5. The lowest BCUT2D eigenvalue weighted by Gasteiger charge is -2.36. The molecular formula is C22H27NO4. The van der Waals surface area contributed by atoms with Crippen molar-refractivity contribution >= 4 is 11.6 Å². The standard InChI is InChI=1S/C22H27NO4/c1-2-25-16-17-27-20-10-8-19(9-11-20)23-21(24)22(12-14-26-15-13-22)18-6-4-3-5-7-18/h3-11H,2,12-17H2,1H3,(H,23,24). The number of carbonyl (C=O) groups is 1. The van der Waals surface area contributed by atoms with E-state index in [0.29, 0.717) is 45.9 Å². The minimum Gasteiger partial charge on any atom is -0.491 e. The molecule has 1 amide bonds. The molecule has 2 aromatic rings. The molecule has 0 bridgehead atoms. The number of nitrogens with one attached hydrogen (secondary N) is 1. The second-order valence-electron chi connectivity index (χ2n) is 6.58. The second-order valence-corrected chi connectivity index (χ2v) is 6.58. The normalized spacial score (nSPS) is 15.9. The van der Waals surface area contributed by atoms with Crippen LogP contribution in [-0.2, 0) is 19.7 Å². The zero-order chi connectivity index (χ0) is 19.0. The average molecular weight is 369 g/mol. The maximum Gasteiger partial charge on any atom is 0.235 e. The van der Waals surface area contributed by atoms with Crippen molar-refractivity contribution in [1.29, 1.82) is 0 Å². The van der Waals surface area contributed by atoms with E-state index in [2.05, 4.69) is 5.32 Å². The zero-order valence-corrected chi connectivity index (χ0v) is 15.8. The van der Waals surface area contributed by atoms with Gasteiger partial charge >= 0.3 is 0 Å². The molecule has 5 nitrogen and oxygen atoms in total. The van der Waals surface area contributed by atoms with Gasteiger partial charge in [-0.1, -0.05) is 30.3 Å². The number of carbonyl (C=O) groups excluding carboxylic acids is 1. The first kappa shape index (κ1) is 19.4. The molecule has 0 spiro atoms. The predicted octanol–water partition coefficient (Wildman–Crippen LogP) is 3.79. The van der Waals surface area contributed by atoms with Crippen LogP contribution in [0.5, 0.6) is 5.75 Å². The first-order valence-corrected chi connectivity index (χ1v) is 9.50. The summed E-state index contributed by atoms with van der Waals surface area (Å²) in [6.45, 7) is 4.90. The first-order valence-electron chi connectivity index (χ1n) is 9.50. The number of amides is 1. The van der Waals surface area contributed by atoms with Crippen molar-refractivity contribution in [3.8, 4) is 5.75 Å². The molecule has 0 aromatic heterocycles. The lowest BCUT2D eigenvalue weighted by Crippen LogP contribution is -2.44. The quantitative estimate of drug-likeness (QED) is 0.720. The Kier molecular flexibility index (Phi) is 6.85. The first-order chi connectivity index (χ1) is 13.2. The molecule has 0 aliphatic carbocycles. The van der Waals surface area contributed by atoms with Crippen LogP contribution in [0.4, 0.5) is 5.69 Å². The Morgan fingerprint density at radius 1 is 1.04 bits per heavy atom. The molecule has 3 rings (SSSR count). The van der Waals surface area contributed by atoms with Gasteiger partial charge in [-0.05, 0) is 49.6 Å². The van der Waals surface area contributed by atoms with E-state index >= 15 is 0 Å². The van der Waals surface area contributed by atoms with E-state index in [-0.39, 0.29) is 5.91 Å². The summed E-state index contributed by atoms with van der Waals surface area (Å²) in [5.74, 6) is 0.776. The van der Waals surface area contributed by atoms with E-state index in [9.17, 15) is 4.79 Å². The third-order valence-corrected chi connectivity index (χ3v) is 4.92. The molecule has 1 aliphatic rings. The second kappa shape index (κ2) is 9.53. The van der Waals surface area contributed by atoms with Gasteiger partial charge < -0.3 is 19.5 Å². The van der Waals surface area contributed by atoms with Gasteiger partial charge in [0, 0.05) is 25.5 Å². The predicted molar refractivity (Wildman–Crippen MR) is 105 cm³/mol. The van der Waals surface area contributed by atoms with Crippen LogP contribution in [0, 0.1) is 0 Å². The Hall–Kier alpha value is -2.37. The molecule has 5 heteroatoms. The van der Waals surface area contributed by atoms with E-state index in [1.807, 2.05) is 61.5 Å². The number of hydrogen-bond donors (Lipinski definition) is 1. The summed E-state index contributed by atoms with van der Waals surface area (Å²) in [5, 5.41) is 3.08. The number of anilines is 1. The molecule has 144 valence electrons. The maximum atomic E-state index is 13.2. The lowest BCUT2D eigenvalue weighted by atomic mass is 9.73. The Labute approximate surface area is 160 Å². The Balaban J connectivity index is 1.67. The van der Waals surface area contributed by atoms with Crippen LogP contribution in [0.25, 0.3) is 0 Å². The van der Waals surface area contributed by atoms with Crippen molar-refractivity contribution in [2.75, 3.05) is 38.4 Å². The molecule has 0 saturated carbocycles. The van der Waals surface area contributed by atoms with Crippen molar-refractivity contribution < 1.29 is 19.0 Å². The number of rotatable bonds is 8. The molecule has 1 fully saturated rings. The number of hydrogen-bond acceptors (Lipinski definition) is 4. The summed E-state index contributed by atoms with van der Waals surface area (Å²) < 4.78 is 16.4. The highest BCUT2D eigenvalue weighted by Gasteiger charge is 2.41. The van der Waals surface area contributed by atoms with Crippen molar-refractivity contribution in [2.45, 2.75) is 25.2 Å². The van der Waals surface area contributed by atoms with Gasteiger partial charge in [0.25, 0.3) is 0 Å². The lowest BCUT2D eigenvalue weighted by molar-refractivity contribution is -0.125. The number of benzene rings is 2. The highest BCUT2D eigenvalue weighted by molar-refractivity contribution is 5.99. The van der Waals surface area contributed by atoms with Crippen molar-refractivity contribution in [3.63, 3.8) is 0 Å². The maximum absolute atomic E-state index is 13.2. The van der Waals surface area contributed by atoms with Crippen LogP contribution in [0.3, 0.4) is 0 Å². The van der Waals surface area contributed by atoms with Gasteiger partial charge in [0.05, 0.1) is 12.0 Å². The van der Waals surface area contributed by atoms with E-state index in [1.54, 1.807) is 0 Å². The van der Waals surface area contributed by atoms with Gasteiger partial charge in [-0.3, -0.25) is 4.79 Å². The topological polar surface area (TPSA) is 56.8 Å². The number of ether oxygens (including phenoxy) is 3. The molecule has 0 atom stereocenters. The summed E-state index contributed by atoms with van der Waals surface area (Å²) in [6.07, 6.45) is 1.36. The monoisotopic (exact) mass is 369 g/mol. The summed E-state index contributed by atoms with van der Waals surface area (Å²) in [4.78, 5) is 13.2. The average Bonchev–Trinajstić information content (AvgIpc) is 2.73.